The molecule has 1 aliphatic carbocycles. The van der Waals surface area contributed by atoms with E-state index >= 15 is 0 Å². The lowest BCUT2D eigenvalue weighted by Gasteiger charge is -2.16. The lowest BCUT2D eigenvalue weighted by molar-refractivity contribution is 0.497. The molecule has 0 saturated heterocycles. The Kier molecular flexibility index (Phi) is 3.19. The van der Waals surface area contributed by atoms with Crippen LogP contribution in [0.2, 0.25) is 0 Å². The largest absolute Gasteiger partial charge is 0.466 e. The van der Waals surface area contributed by atoms with Gasteiger partial charge in [0.25, 0.3) is 0 Å². The molecule has 2 N–H and O–H groups in total. The van der Waals surface area contributed by atoms with Crippen molar-refractivity contribution in [2.24, 2.45) is 0 Å². The summed E-state index contributed by atoms with van der Waals surface area (Å²) >= 11 is 5.24. The molecule has 0 bridgehead atoms. The van der Waals surface area contributed by atoms with Crippen LogP contribution in [-0.2, 0) is 0 Å². The van der Waals surface area contributed by atoms with E-state index in [2.05, 4.69) is 23.6 Å². The van der Waals surface area contributed by atoms with Gasteiger partial charge in [-0.2, -0.15) is 0 Å². The topological polar surface area (TPSA) is 37.2 Å². The predicted molar refractivity (Wildman–Crippen MR) is 68.5 cm³/mol. The Morgan fingerprint density at radius 1 is 1.50 bits per heavy atom. The Bertz CT molecular complexity index is 396. The number of rotatable bonds is 3. The molecule has 1 fully saturated rings. The van der Waals surface area contributed by atoms with E-state index in [0.29, 0.717) is 6.04 Å². The zero-order chi connectivity index (χ0) is 11.7. The molecule has 1 heterocycles. The van der Waals surface area contributed by atoms with E-state index in [0.717, 1.165) is 16.6 Å². The minimum atomic E-state index is 0.191. The van der Waals surface area contributed by atoms with Crippen molar-refractivity contribution in [1.29, 1.82) is 0 Å². The average Bonchev–Trinajstić information content (AvgIpc) is 2.90. The van der Waals surface area contributed by atoms with Crippen molar-refractivity contribution in [3.8, 4) is 0 Å². The third-order valence-electron chi connectivity index (χ3n) is 2.81. The van der Waals surface area contributed by atoms with Gasteiger partial charge in [-0.25, -0.2) is 0 Å². The van der Waals surface area contributed by atoms with Gasteiger partial charge in [0.2, 0.25) is 0 Å². The Morgan fingerprint density at radius 2 is 2.19 bits per heavy atom. The van der Waals surface area contributed by atoms with Gasteiger partial charge in [0, 0.05) is 11.6 Å². The molecule has 0 spiro atoms. The van der Waals surface area contributed by atoms with Gasteiger partial charge in [-0.1, -0.05) is 0 Å². The monoisotopic (exact) mass is 238 g/mol. The quantitative estimate of drug-likeness (QED) is 0.794. The molecule has 0 amide bonds. The minimum Gasteiger partial charge on any atom is -0.466 e. The molecule has 1 aliphatic rings. The second-order valence-corrected chi connectivity index (χ2v) is 4.89. The first-order valence-electron chi connectivity index (χ1n) is 5.70. The van der Waals surface area contributed by atoms with Crippen molar-refractivity contribution in [1.82, 2.24) is 10.6 Å². The molecule has 1 atom stereocenters. The van der Waals surface area contributed by atoms with Gasteiger partial charge in [0.15, 0.2) is 5.11 Å². The highest BCUT2D eigenvalue weighted by molar-refractivity contribution is 7.80. The van der Waals surface area contributed by atoms with Crippen LogP contribution in [0.5, 0.6) is 0 Å². The van der Waals surface area contributed by atoms with Gasteiger partial charge < -0.3 is 15.1 Å². The molecule has 16 heavy (non-hydrogen) atoms. The smallest absolute Gasteiger partial charge is 0.166 e. The zero-order valence-electron chi connectivity index (χ0n) is 9.96. The van der Waals surface area contributed by atoms with Crippen LogP contribution >= 0.6 is 12.2 Å². The first-order chi connectivity index (χ1) is 7.56. The van der Waals surface area contributed by atoms with E-state index in [4.69, 9.17) is 16.6 Å². The van der Waals surface area contributed by atoms with E-state index in [1.54, 1.807) is 0 Å². The second kappa shape index (κ2) is 4.45. The normalized spacial score (nSPS) is 16.9. The Labute approximate surface area is 102 Å². The molecule has 2 rings (SSSR count). The van der Waals surface area contributed by atoms with Crippen LogP contribution in [0.25, 0.3) is 0 Å². The van der Waals surface area contributed by atoms with Gasteiger partial charge in [-0.05, 0) is 51.9 Å². The van der Waals surface area contributed by atoms with Crippen LogP contribution in [0.4, 0.5) is 0 Å². The first kappa shape index (κ1) is 11.5. The van der Waals surface area contributed by atoms with Gasteiger partial charge in [0.1, 0.15) is 11.5 Å². The molecular formula is C12H18N2OS. The second-order valence-electron chi connectivity index (χ2n) is 4.48. The highest BCUT2D eigenvalue weighted by Gasteiger charge is 2.22. The molecule has 0 aliphatic heterocycles. The highest BCUT2D eigenvalue weighted by atomic mass is 32.1. The fourth-order valence-corrected chi connectivity index (χ4v) is 2.15. The van der Waals surface area contributed by atoms with Crippen molar-refractivity contribution in [3.05, 3.63) is 23.2 Å². The maximum Gasteiger partial charge on any atom is 0.166 e. The van der Waals surface area contributed by atoms with E-state index in [1.165, 1.54) is 18.4 Å². The summed E-state index contributed by atoms with van der Waals surface area (Å²) in [4.78, 5) is 0. The lowest BCUT2D eigenvalue weighted by Crippen LogP contribution is -2.37. The molecule has 4 heteroatoms. The molecule has 1 aromatic heterocycles. The van der Waals surface area contributed by atoms with Crippen LogP contribution in [-0.4, -0.2) is 11.2 Å². The summed E-state index contributed by atoms with van der Waals surface area (Å²) in [7, 11) is 0. The lowest BCUT2D eigenvalue weighted by atomic mass is 10.1. The minimum absolute atomic E-state index is 0.191. The van der Waals surface area contributed by atoms with Crippen molar-refractivity contribution in [2.75, 3.05) is 0 Å². The molecular weight excluding hydrogens is 220 g/mol. The Balaban J connectivity index is 1.93. The predicted octanol–water partition coefficient (Wildman–Crippen LogP) is 2.58. The fraction of sp³-hybridized carbons (Fsp3) is 0.583. The SMILES string of the molecule is Cc1cc(C(C)NC(=S)NC2CC2)c(C)o1. The maximum absolute atomic E-state index is 5.51. The number of aryl methyl sites for hydroxylation is 2. The average molecular weight is 238 g/mol. The van der Waals surface area contributed by atoms with Crippen LogP contribution in [0.15, 0.2) is 10.5 Å². The molecule has 1 aromatic rings. The van der Waals surface area contributed by atoms with Crippen LogP contribution in [0.1, 0.15) is 42.9 Å². The highest BCUT2D eigenvalue weighted by Crippen LogP contribution is 2.22. The van der Waals surface area contributed by atoms with E-state index in [9.17, 15) is 0 Å². The van der Waals surface area contributed by atoms with Gasteiger partial charge in [-0.15, -0.1) is 0 Å². The standard InChI is InChI=1S/C12H18N2OS/c1-7-6-11(9(3)15-7)8(2)13-12(16)14-10-4-5-10/h6,8,10H,4-5H2,1-3H3,(H2,13,14,16). The number of hydrogen-bond acceptors (Lipinski definition) is 2. The molecule has 1 unspecified atom stereocenters. The van der Waals surface area contributed by atoms with Crippen molar-refractivity contribution in [2.45, 2.75) is 45.7 Å². The van der Waals surface area contributed by atoms with Gasteiger partial charge >= 0.3 is 0 Å². The number of nitrogens with one attached hydrogen (secondary N) is 2. The summed E-state index contributed by atoms with van der Waals surface area (Å²) in [5, 5.41) is 7.30. The van der Waals surface area contributed by atoms with Crippen molar-refractivity contribution >= 4 is 17.3 Å². The summed E-state index contributed by atoms with van der Waals surface area (Å²) in [6.07, 6.45) is 2.47. The summed E-state index contributed by atoms with van der Waals surface area (Å²) in [5.74, 6) is 1.91. The van der Waals surface area contributed by atoms with Crippen molar-refractivity contribution < 1.29 is 4.42 Å². The third kappa shape index (κ3) is 2.76. The van der Waals surface area contributed by atoms with Gasteiger partial charge in [-0.3, -0.25) is 0 Å². The van der Waals surface area contributed by atoms with E-state index < -0.39 is 0 Å². The molecule has 3 nitrogen and oxygen atoms in total. The first-order valence-corrected chi connectivity index (χ1v) is 6.11. The summed E-state index contributed by atoms with van der Waals surface area (Å²) < 4.78 is 5.51. The maximum atomic E-state index is 5.51. The molecule has 88 valence electrons. The molecule has 0 aromatic carbocycles. The van der Waals surface area contributed by atoms with Gasteiger partial charge in [0.05, 0.1) is 6.04 Å². The Hall–Kier alpha value is -1.03. The summed E-state index contributed by atoms with van der Waals surface area (Å²) in [6, 6.07) is 2.85. The van der Waals surface area contributed by atoms with Crippen LogP contribution in [0.3, 0.4) is 0 Å². The molecule has 0 radical (unpaired) electrons. The molecule has 1 saturated carbocycles. The Morgan fingerprint density at radius 3 is 2.69 bits per heavy atom. The van der Waals surface area contributed by atoms with Crippen molar-refractivity contribution in [3.63, 3.8) is 0 Å². The van der Waals surface area contributed by atoms with E-state index in [1.807, 2.05) is 13.8 Å². The third-order valence-corrected chi connectivity index (χ3v) is 3.04. The summed E-state index contributed by atoms with van der Waals surface area (Å²) in [5.41, 5.74) is 1.18. The number of furan rings is 1. The number of hydrogen-bond donors (Lipinski definition) is 2. The zero-order valence-corrected chi connectivity index (χ0v) is 10.8. The van der Waals surface area contributed by atoms with Crippen LogP contribution < -0.4 is 10.6 Å². The summed E-state index contributed by atoms with van der Waals surface area (Å²) in [6.45, 7) is 6.04. The van der Waals surface area contributed by atoms with Crippen LogP contribution in [0, 0.1) is 13.8 Å². The fourth-order valence-electron chi connectivity index (χ4n) is 1.81. The number of thiocarbonyl (C=S) groups is 1. The van der Waals surface area contributed by atoms with E-state index in [-0.39, 0.29) is 6.04 Å².